The Hall–Kier alpha value is -2.15. The van der Waals surface area contributed by atoms with E-state index in [-0.39, 0.29) is 0 Å². The highest BCUT2D eigenvalue weighted by molar-refractivity contribution is 7.90. The Kier molecular flexibility index (Phi) is 4.11. The second-order valence-electron chi connectivity index (χ2n) is 6.29. The molecule has 3 heterocycles. The van der Waals surface area contributed by atoms with Crippen LogP contribution in [0.25, 0.3) is 22.5 Å². The summed E-state index contributed by atoms with van der Waals surface area (Å²) >= 11 is -1.01. The van der Waals surface area contributed by atoms with Crippen molar-refractivity contribution < 1.29 is 9.66 Å². The zero-order valence-corrected chi connectivity index (χ0v) is 15.0. The summed E-state index contributed by atoms with van der Waals surface area (Å²) in [6.07, 6.45) is 3.62. The Labute approximate surface area is 149 Å². The number of benzene rings is 1. The molecule has 1 aliphatic heterocycles. The lowest BCUT2D eigenvalue weighted by Gasteiger charge is -2.10. The smallest absolute Gasteiger partial charge is 0.152 e. The molecule has 6 heteroatoms. The Morgan fingerprint density at radius 3 is 2.64 bits per heavy atom. The maximum atomic E-state index is 11.6. The second kappa shape index (κ2) is 6.29. The third-order valence-corrected chi connectivity index (χ3v) is 5.49. The summed E-state index contributed by atoms with van der Waals surface area (Å²) in [7, 11) is 0. The van der Waals surface area contributed by atoms with Gasteiger partial charge < -0.3 is 14.2 Å². The van der Waals surface area contributed by atoms with Crippen molar-refractivity contribution in [2.75, 3.05) is 6.26 Å². The lowest BCUT2D eigenvalue weighted by molar-refractivity contribution is 0.176. The fraction of sp³-hybridized carbons (Fsp3) is 0.263. The van der Waals surface area contributed by atoms with Crippen LogP contribution in [-0.2, 0) is 17.7 Å². The van der Waals surface area contributed by atoms with Gasteiger partial charge in [-0.2, -0.15) is 0 Å². The Bertz CT molecular complexity index is 919. The summed E-state index contributed by atoms with van der Waals surface area (Å²) in [5, 5.41) is 10.2. The molecule has 128 valence electrons. The fourth-order valence-corrected chi connectivity index (χ4v) is 3.84. The molecule has 0 amide bonds. The number of aliphatic hydroxyl groups is 1. The minimum Gasteiger partial charge on any atom is -0.612 e. The molecule has 0 fully saturated rings. The van der Waals surface area contributed by atoms with E-state index in [0.717, 1.165) is 39.6 Å². The molecule has 2 atom stereocenters. The normalized spacial score (nSPS) is 17.5. The predicted octanol–water partition coefficient (Wildman–Crippen LogP) is 3.10. The number of pyridine rings is 1. The van der Waals surface area contributed by atoms with Crippen molar-refractivity contribution in [3.05, 3.63) is 54.1 Å². The van der Waals surface area contributed by atoms with Gasteiger partial charge in [-0.3, -0.25) is 4.98 Å². The first-order chi connectivity index (χ1) is 12.0. The monoisotopic (exact) mass is 353 g/mol. The summed E-state index contributed by atoms with van der Waals surface area (Å²) in [6, 6.07) is 11.6. The number of aromatic nitrogens is 3. The summed E-state index contributed by atoms with van der Waals surface area (Å²) in [4.78, 5) is 9.81. The molecule has 0 bridgehead atoms. The summed E-state index contributed by atoms with van der Waals surface area (Å²) in [6.45, 7) is 2.71. The maximum Gasteiger partial charge on any atom is 0.152 e. The minimum atomic E-state index is -1.01. The molecule has 4 rings (SSSR count). The number of hydrogen-bond acceptors (Lipinski definition) is 4. The van der Waals surface area contributed by atoms with Crippen molar-refractivity contribution in [2.45, 2.75) is 30.9 Å². The van der Waals surface area contributed by atoms with Gasteiger partial charge in [-0.1, -0.05) is 0 Å². The lowest BCUT2D eigenvalue weighted by Crippen LogP contribution is -1.98. The molecule has 0 spiro atoms. The van der Waals surface area contributed by atoms with E-state index >= 15 is 0 Å². The zero-order chi connectivity index (χ0) is 17.6. The number of fused-ring (bicyclic) bond motifs is 1. The lowest BCUT2D eigenvalue weighted by atomic mass is 10.0. The van der Waals surface area contributed by atoms with Gasteiger partial charge in [0.05, 0.1) is 11.4 Å². The van der Waals surface area contributed by atoms with Gasteiger partial charge in [0.2, 0.25) is 0 Å². The molecule has 0 saturated carbocycles. The van der Waals surface area contributed by atoms with Crippen molar-refractivity contribution in [3.8, 4) is 22.5 Å². The van der Waals surface area contributed by atoms with E-state index < -0.39 is 17.3 Å². The highest BCUT2D eigenvalue weighted by Gasteiger charge is 2.29. The number of hydrogen-bond donors (Lipinski definition) is 1. The molecule has 0 radical (unpaired) electrons. The maximum absolute atomic E-state index is 11.6. The van der Waals surface area contributed by atoms with Crippen molar-refractivity contribution >= 4 is 11.2 Å². The van der Waals surface area contributed by atoms with Gasteiger partial charge in [-0.05, 0) is 60.9 Å². The molecule has 5 nitrogen and oxygen atoms in total. The molecule has 3 aromatic rings. The summed E-state index contributed by atoms with van der Waals surface area (Å²) < 4.78 is 13.7. The molecule has 1 aromatic carbocycles. The van der Waals surface area contributed by atoms with E-state index in [1.807, 2.05) is 43.3 Å². The molecule has 1 N–H and O–H groups in total. The van der Waals surface area contributed by atoms with Crippen molar-refractivity contribution in [1.82, 2.24) is 14.5 Å². The quantitative estimate of drug-likeness (QED) is 0.734. The van der Waals surface area contributed by atoms with E-state index in [0.29, 0.717) is 12.2 Å². The molecular formula is C19H19N3O2S. The number of imidazole rings is 1. The average Bonchev–Trinajstić information content (AvgIpc) is 3.15. The van der Waals surface area contributed by atoms with E-state index in [1.165, 1.54) is 0 Å². The molecule has 0 saturated heterocycles. The van der Waals surface area contributed by atoms with Crippen LogP contribution in [0.4, 0.5) is 0 Å². The molecule has 2 aromatic heterocycles. The van der Waals surface area contributed by atoms with Crippen LogP contribution >= 0.6 is 0 Å². The second-order valence-corrected chi connectivity index (χ2v) is 7.67. The van der Waals surface area contributed by atoms with E-state index in [9.17, 15) is 9.66 Å². The van der Waals surface area contributed by atoms with E-state index in [2.05, 4.69) is 9.55 Å². The molecule has 0 aliphatic carbocycles. The van der Waals surface area contributed by atoms with Gasteiger partial charge in [0.15, 0.2) is 4.90 Å². The molecule has 25 heavy (non-hydrogen) atoms. The van der Waals surface area contributed by atoms with Crippen molar-refractivity contribution in [1.29, 1.82) is 0 Å². The van der Waals surface area contributed by atoms with Crippen LogP contribution in [0.3, 0.4) is 0 Å². The van der Waals surface area contributed by atoms with Crippen LogP contribution in [0.2, 0.25) is 0 Å². The highest BCUT2D eigenvalue weighted by Crippen LogP contribution is 2.38. The van der Waals surface area contributed by atoms with Gasteiger partial charge in [0.25, 0.3) is 0 Å². The highest BCUT2D eigenvalue weighted by atomic mass is 32.2. The topological polar surface area (TPSA) is 74.0 Å². The van der Waals surface area contributed by atoms with Crippen LogP contribution in [0.1, 0.15) is 24.0 Å². The molecule has 2 unspecified atom stereocenters. The predicted molar refractivity (Wildman–Crippen MR) is 97.5 cm³/mol. The van der Waals surface area contributed by atoms with Crippen LogP contribution in [0.15, 0.2) is 47.5 Å². The van der Waals surface area contributed by atoms with Gasteiger partial charge in [0, 0.05) is 29.6 Å². The van der Waals surface area contributed by atoms with E-state index in [1.54, 1.807) is 12.5 Å². The number of aryl methyl sites for hydroxylation is 1. The van der Waals surface area contributed by atoms with Crippen LogP contribution in [0, 0.1) is 6.92 Å². The standard InChI is InChI=1S/C19H19N3O2S/c1-12-11-14(7-9-20-12)18-17(21-19-16(23)8-10-22(18)19)13-3-5-15(6-4-13)25(2)24/h3-7,9,11,16,23H,8,10H2,1-2H3. The third kappa shape index (κ3) is 2.86. The largest absolute Gasteiger partial charge is 0.612 e. The zero-order valence-electron chi connectivity index (χ0n) is 14.1. The average molecular weight is 353 g/mol. The Morgan fingerprint density at radius 2 is 1.96 bits per heavy atom. The fourth-order valence-electron chi connectivity index (χ4n) is 3.32. The Balaban J connectivity index is 1.89. The van der Waals surface area contributed by atoms with Crippen molar-refractivity contribution in [2.24, 2.45) is 0 Å². The minimum absolute atomic E-state index is 0.530. The van der Waals surface area contributed by atoms with Crippen LogP contribution in [-0.4, -0.2) is 30.5 Å². The van der Waals surface area contributed by atoms with E-state index in [4.69, 9.17) is 4.98 Å². The van der Waals surface area contributed by atoms with Gasteiger partial charge in [-0.15, -0.1) is 0 Å². The first-order valence-electron chi connectivity index (χ1n) is 8.20. The van der Waals surface area contributed by atoms with Gasteiger partial charge >= 0.3 is 0 Å². The Morgan fingerprint density at radius 1 is 1.20 bits per heavy atom. The summed E-state index contributed by atoms with van der Waals surface area (Å²) in [5.74, 6) is 0.711. The van der Waals surface area contributed by atoms with Gasteiger partial charge in [0.1, 0.15) is 18.2 Å². The number of nitrogens with zero attached hydrogens (tertiary/aromatic N) is 3. The number of rotatable bonds is 3. The van der Waals surface area contributed by atoms with Crippen LogP contribution in [0.5, 0.6) is 0 Å². The summed E-state index contributed by atoms with van der Waals surface area (Å²) in [5.41, 5.74) is 4.77. The number of aliphatic hydroxyl groups excluding tert-OH is 1. The van der Waals surface area contributed by atoms with Crippen LogP contribution < -0.4 is 0 Å². The SMILES string of the molecule is Cc1cc(-c2c(-c3ccc([S+](C)[O-])cc3)nc3n2CCC3O)ccn1. The van der Waals surface area contributed by atoms with Crippen molar-refractivity contribution in [3.63, 3.8) is 0 Å². The molecular weight excluding hydrogens is 334 g/mol. The first kappa shape index (κ1) is 16.3. The van der Waals surface area contributed by atoms with Gasteiger partial charge in [-0.25, -0.2) is 4.98 Å². The first-order valence-corrected chi connectivity index (χ1v) is 9.76. The third-order valence-electron chi connectivity index (χ3n) is 4.55. The molecule has 1 aliphatic rings.